The summed E-state index contributed by atoms with van der Waals surface area (Å²) in [7, 11) is 0. The highest BCUT2D eigenvalue weighted by molar-refractivity contribution is 5.76. The average molecular weight is 277 g/mol. The van der Waals surface area contributed by atoms with Gasteiger partial charge in [-0.05, 0) is 38.1 Å². The molecule has 2 rings (SSSR count). The van der Waals surface area contributed by atoms with Gasteiger partial charge in [-0.15, -0.1) is 10.2 Å². The average Bonchev–Trinajstić information content (AvgIpc) is 2.75. The lowest BCUT2D eigenvalue weighted by molar-refractivity contribution is -0.123. The number of hydrogen-bond donors (Lipinski definition) is 1. The van der Waals surface area contributed by atoms with Gasteiger partial charge in [-0.3, -0.25) is 4.79 Å². The van der Waals surface area contributed by atoms with Crippen LogP contribution in [0.25, 0.3) is 11.4 Å². The number of nitrogens with one attached hydrogen (secondary N) is 1. The number of nitrogens with zero attached hydrogens (tertiary/aromatic N) is 4. The van der Waals surface area contributed by atoms with Crippen LogP contribution in [0.4, 0.5) is 4.39 Å². The molecule has 0 bridgehead atoms. The van der Waals surface area contributed by atoms with Crippen molar-refractivity contribution in [1.29, 1.82) is 0 Å². The van der Waals surface area contributed by atoms with Crippen molar-refractivity contribution in [2.24, 2.45) is 0 Å². The van der Waals surface area contributed by atoms with E-state index in [0.29, 0.717) is 0 Å². The third-order valence-electron chi connectivity index (χ3n) is 2.37. The zero-order valence-electron chi connectivity index (χ0n) is 11.6. The summed E-state index contributed by atoms with van der Waals surface area (Å²) in [5, 5.41) is 14.3. The summed E-state index contributed by atoms with van der Waals surface area (Å²) in [6.45, 7) is 5.58. The monoisotopic (exact) mass is 277 g/mol. The molecule has 1 N–H and O–H groups in total. The quantitative estimate of drug-likeness (QED) is 0.920. The molecule has 0 unspecified atom stereocenters. The molecule has 2 aromatic rings. The van der Waals surface area contributed by atoms with Crippen LogP contribution in [0.2, 0.25) is 0 Å². The topological polar surface area (TPSA) is 72.7 Å². The van der Waals surface area contributed by atoms with Crippen LogP contribution in [0.3, 0.4) is 0 Å². The van der Waals surface area contributed by atoms with Gasteiger partial charge in [-0.2, -0.15) is 4.80 Å². The van der Waals surface area contributed by atoms with E-state index < -0.39 is 5.82 Å². The van der Waals surface area contributed by atoms with Crippen LogP contribution in [0.5, 0.6) is 0 Å². The molecule has 0 saturated heterocycles. The van der Waals surface area contributed by atoms with Crippen molar-refractivity contribution in [3.05, 3.63) is 30.1 Å². The minimum atomic E-state index is -0.425. The van der Waals surface area contributed by atoms with Crippen LogP contribution in [0.1, 0.15) is 20.8 Å². The minimum absolute atomic E-state index is 0.0568. The van der Waals surface area contributed by atoms with Crippen molar-refractivity contribution in [3.8, 4) is 11.4 Å². The molecule has 0 aliphatic carbocycles. The van der Waals surface area contributed by atoms with E-state index in [-0.39, 0.29) is 29.4 Å². The van der Waals surface area contributed by atoms with E-state index in [2.05, 4.69) is 20.7 Å². The largest absolute Gasteiger partial charge is 0.350 e. The molecule has 7 heteroatoms. The lowest BCUT2D eigenvalue weighted by Crippen LogP contribution is -2.42. The first-order valence-corrected chi connectivity index (χ1v) is 6.19. The van der Waals surface area contributed by atoms with Gasteiger partial charge in [-0.25, -0.2) is 4.39 Å². The first-order valence-electron chi connectivity index (χ1n) is 6.19. The van der Waals surface area contributed by atoms with Crippen LogP contribution >= 0.6 is 0 Å². The molecule has 1 heterocycles. The minimum Gasteiger partial charge on any atom is -0.350 e. The fourth-order valence-corrected chi connectivity index (χ4v) is 1.65. The maximum atomic E-state index is 13.6. The molecule has 1 aromatic carbocycles. The lowest BCUT2D eigenvalue weighted by atomic mass is 10.1. The van der Waals surface area contributed by atoms with Crippen molar-refractivity contribution in [1.82, 2.24) is 25.5 Å². The van der Waals surface area contributed by atoms with E-state index in [1.165, 1.54) is 6.07 Å². The fourth-order valence-electron chi connectivity index (χ4n) is 1.65. The maximum Gasteiger partial charge on any atom is 0.244 e. The molecule has 1 aromatic heterocycles. The SMILES string of the molecule is CC(C)(C)NC(=O)Cn1nnc(-c2ccccc2F)n1. The lowest BCUT2D eigenvalue weighted by Gasteiger charge is -2.19. The second-order valence-corrected chi connectivity index (χ2v) is 5.42. The van der Waals surface area contributed by atoms with E-state index in [1.807, 2.05) is 20.8 Å². The Bertz CT molecular complexity index is 617. The molecule has 0 radical (unpaired) electrons. The maximum absolute atomic E-state index is 13.6. The number of aromatic nitrogens is 4. The summed E-state index contributed by atoms with van der Waals surface area (Å²) < 4.78 is 13.6. The van der Waals surface area contributed by atoms with Crippen LogP contribution in [-0.2, 0) is 11.3 Å². The van der Waals surface area contributed by atoms with Gasteiger partial charge in [0, 0.05) is 5.54 Å². The van der Waals surface area contributed by atoms with Crippen LogP contribution < -0.4 is 5.32 Å². The number of amides is 1. The Labute approximate surface area is 116 Å². The van der Waals surface area contributed by atoms with Gasteiger partial charge in [-0.1, -0.05) is 12.1 Å². The molecular weight excluding hydrogens is 261 g/mol. The van der Waals surface area contributed by atoms with Gasteiger partial charge >= 0.3 is 0 Å². The zero-order chi connectivity index (χ0) is 14.8. The van der Waals surface area contributed by atoms with Crippen molar-refractivity contribution in [2.75, 3.05) is 0 Å². The summed E-state index contributed by atoms with van der Waals surface area (Å²) >= 11 is 0. The molecule has 6 nitrogen and oxygen atoms in total. The molecule has 0 aliphatic rings. The Hall–Kier alpha value is -2.31. The van der Waals surface area contributed by atoms with Gasteiger partial charge in [0.15, 0.2) is 0 Å². The van der Waals surface area contributed by atoms with E-state index in [4.69, 9.17) is 0 Å². The Balaban J connectivity index is 2.10. The van der Waals surface area contributed by atoms with E-state index in [9.17, 15) is 9.18 Å². The number of rotatable bonds is 3. The molecule has 0 aliphatic heterocycles. The fraction of sp³-hybridized carbons (Fsp3) is 0.385. The molecule has 1 amide bonds. The van der Waals surface area contributed by atoms with Crippen molar-refractivity contribution >= 4 is 5.91 Å². The summed E-state index contributed by atoms with van der Waals surface area (Å²) in [5.41, 5.74) is -0.0681. The summed E-state index contributed by atoms with van der Waals surface area (Å²) in [6.07, 6.45) is 0. The molecule has 106 valence electrons. The number of tetrazole rings is 1. The van der Waals surface area contributed by atoms with E-state index in [0.717, 1.165) is 4.80 Å². The highest BCUT2D eigenvalue weighted by Crippen LogP contribution is 2.16. The molecule has 20 heavy (non-hydrogen) atoms. The summed E-state index contributed by atoms with van der Waals surface area (Å²) in [6, 6.07) is 6.15. The predicted octanol–water partition coefficient (Wildman–Crippen LogP) is 1.39. The van der Waals surface area contributed by atoms with Crippen molar-refractivity contribution < 1.29 is 9.18 Å². The Morgan fingerprint density at radius 3 is 2.70 bits per heavy atom. The first kappa shape index (κ1) is 14.1. The van der Waals surface area contributed by atoms with Crippen LogP contribution in [0, 0.1) is 5.82 Å². The van der Waals surface area contributed by atoms with Gasteiger partial charge in [0.1, 0.15) is 12.4 Å². The standard InChI is InChI=1S/C13H16FN5O/c1-13(2,3)15-11(20)8-19-17-12(16-18-19)9-6-4-5-7-10(9)14/h4-7H,8H2,1-3H3,(H,15,20). The third-order valence-corrected chi connectivity index (χ3v) is 2.37. The Morgan fingerprint density at radius 1 is 1.35 bits per heavy atom. The molecule has 0 atom stereocenters. The normalized spacial score (nSPS) is 11.4. The smallest absolute Gasteiger partial charge is 0.244 e. The first-order chi connectivity index (χ1) is 9.35. The molecule has 0 saturated carbocycles. The highest BCUT2D eigenvalue weighted by Gasteiger charge is 2.16. The number of benzene rings is 1. The second-order valence-electron chi connectivity index (χ2n) is 5.42. The summed E-state index contributed by atoms with van der Waals surface area (Å²) in [5.74, 6) is -0.493. The number of carbonyl (C=O) groups is 1. The molecular formula is C13H16FN5O. The number of hydrogen-bond acceptors (Lipinski definition) is 4. The van der Waals surface area contributed by atoms with E-state index in [1.54, 1.807) is 18.2 Å². The number of carbonyl (C=O) groups excluding carboxylic acids is 1. The Morgan fingerprint density at radius 2 is 2.05 bits per heavy atom. The van der Waals surface area contributed by atoms with E-state index >= 15 is 0 Å². The van der Waals surface area contributed by atoms with Gasteiger partial charge < -0.3 is 5.32 Å². The van der Waals surface area contributed by atoms with Gasteiger partial charge in [0.25, 0.3) is 0 Å². The molecule has 0 fully saturated rings. The highest BCUT2D eigenvalue weighted by atomic mass is 19.1. The van der Waals surface area contributed by atoms with Crippen LogP contribution in [0.15, 0.2) is 24.3 Å². The van der Waals surface area contributed by atoms with Crippen LogP contribution in [-0.4, -0.2) is 31.7 Å². The second kappa shape index (κ2) is 5.36. The predicted molar refractivity (Wildman–Crippen MR) is 71.1 cm³/mol. The Kier molecular flexibility index (Phi) is 3.78. The summed E-state index contributed by atoms with van der Waals surface area (Å²) in [4.78, 5) is 12.9. The number of halogens is 1. The van der Waals surface area contributed by atoms with Crippen molar-refractivity contribution in [3.63, 3.8) is 0 Å². The van der Waals surface area contributed by atoms with Gasteiger partial charge in [0.2, 0.25) is 11.7 Å². The molecule has 0 spiro atoms. The van der Waals surface area contributed by atoms with Gasteiger partial charge in [0.05, 0.1) is 5.56 Å². The third kappa shape index (κ3) is 3.59. The van der Waals surface area contributed by atoms with Crippen molar-refractivity contribution in [2.45, 2.75) is 32.9 Å². The zero-order valence-corrected chi connectivity index (χ0v) is 11.6.